The highest BCUT2D eigenvalue weighted by Crippen LogP contribution is 2.41. The number of halogens is 1. The van der Waals surface area contributed by atoms with E-state index in [4.69, 9.17) is 11.6 Å². The van der Waals surface area contributed by atoms with Crippen LogP contribution in [0, 0.1) is 0 Å². The quantitative estimate of drug-likeness (QED) is 0.395. The van der Waals surface area contributed by atoms with E-state index in [0.29, 0.717) is 5.28 Å². The average molecular weight is 378 g/mol. The SMILES string of the molecule is Clc1nc(N2CCCc3ccccc32)c2cc(-c3ccccc3)sc2n1. The molecule has 0 unspecified atom stereocenters. The molecule has 0 fully saturated rings. The third kappa shape index (κ3) is 2.66. The first-order valence-corrected chi connectivity index (χ1v) is 9.87. The normalized spacial score (nSPS) is 13.8. The van der Waals surface area contributed by atoms with Crippen LogP contribution in [0.1, 0.15) is 12.0 Å². The van der Waals surface area contributed by atoms with Crippen molar-refractivity contribution in [2.75, 3.05) is 11.4 Å². The number of hydrogen-bond acceptors (Lipinski definition) is 4. The molecule has 3 heterocycles. The minimum absolute atomic E-state index is 0.303. The number of aromatic nitrogens is 2. The predicted octanol–water partition coefficient (Wildman–Crippen LogP) is 6.10. The van der Waals surface area contributed by atoms with Gasteiger partial charge in [0.2, 0.25) is 5.28 Å². The maximum atomic E-state index is 6.28. The molecule has 0 amide bonds. The zero-order valence-electron chi connectivity index (χ0n) is 14.0. The molecular weight excluding hydrogens is 362 g/mol. The van der Waals surface area contributed by atoms with Crippen molar-refractivity contribution in [3.05, 3.63) is 71.5 Å². The number of fused-ring (bicyclic) bond motifs is 2. The summed E-state index contributed by atoms with van der Waals surface area (Å²) in [6.45, 7) is 0.940. The molecule has 0 saturated carbocycles. The van der Waals surface area contributed by atoms with Crippen molar-refractivity contribution >= 4 is 44.7 Å². The molecule has 0 saturated heterocycles. The fourth-order valence-corrected chi connectivity index (χ4v) is 4.83. The Labute approximate surface area is 160 Å². The second-order valence-corrected chi connectivity index (χ2v) is 7.76. The Morgan fingerprint density at radius 1 is 0.962 bits per heavy atom. The Bertz CT molecular complexity index is 1090. The highest BCUT2D eigenvalue weighted by atomic mass is 35.5. The van der Waals surface area contributed by atoms with E-state index in [9.17, 15) is 0 Å². The molecule has 4 aromatic rings. The standard InChI is InChI=1S/C21H16ClN3S/c22-21-23-19(25-12-6-10-14-7-4-5-11-17(14)25)16-13-18(26-20(16)24-21)15-8-2-1-3-9-15/h1-5,7-9,11,13H,6,10,12H2. The van der Waals surface area contributed by atoms with E-state index >= 15 is 0 Å². The van der Waals surface area contributed by atoms with Gasteiger partial charge in [0.1, 0.15) is 10.6 Å². The molecular formula is C21H16ClN3S. The van der Waals surface area contributed by atoms with Gasteiger partial charge in [0.25, 0.3) is 0 Å². The van der Waals surface area contributed by atoms with Crippen LogP contribution in [0.15, 0.2) is 60.7 Å². The van der Waals surface area contributed by atoms with Crippen LogP contribution in [-0.4, -0.2) is 16.5 Å². The van der Waals surface area contributed by atoms with Gasteiger partial charge in [0, 0.05) is 17.1 Å². The van der Waals surface area contributed by atoms with E-state index in [0.717, 1.165) is 35.4 Å². The number of hydrogen-bond donors (Lipinski definition) is 0. The molecule has 0 aliphatic carbocycles. The van der Waals surface area contributed by atoms with Crippen molar-refractivity contribution in [3.8, 4) is 10.4 Å². The molecule has 2 aromatic carbocycles. The number of benzene rings is 2. The lowest BCUT2D eigenvalue weighted by atomic mass is 10.0. The van der Waals surface area contributed by atoms with E-state index in [1.807, 2.05) is 6.07 Å². The number of aryl methyl sites for hydroxylation is 1. The zero-order chi connectivity index (χ0) is 17.5. The molecule has 0 N–H and O–H groups in total. The zero-order valence-corrected chi connectivity index (χ0v) is 15.6. The van der Waals surface area contributed by atoms with Gasteiger partial charge in [-0.1, -0.05) is 48.5 Å². The number of rotatable bonds is 2. The average Bonchev–Trinajstić information content (AvgIpc) is 3.11. The summed E-state index contributed by atoms with van der Waals surface area (Å²) in [6.07, 6.45) is 2.21. The second kappa shape index (κ2) is 6.38. The van der Waals surface area contributed by atoms with Crippen LogP contribution >= 0.6 is 22.9 Å². The molecule has 1 aliphatic heterocycles. The highest BCUT2D eigenvalue weighted by molar-refractivity contribution is 7.22. The first-order valence-electron chi connectivity index (χ1n) is 8.67. The molecule has 0 spiro atoms. The third-order valence-electron chi connectivity index (χ3n) is 4.77. The van der Waals surface area contributed by atoms with Gasteiger partial charge in [-0.3, -0.25) is 0 Å². The Morgan fingerprint density at radius 3 is 2.65 bits per heavy atom. The van der Waals surface area contributed by atoms with Crippen LogP contribution in [-0.2, 0) is 6.42 Å². The third-order valence-corrected chi connectivity index (χ3v) is 6.02. The summed E-state index contributed by atoms with van der Waals surface area (Å²) in [5.74, 6) is 0.908. The molecule has 2 aromatic heterocycles. The van der Waals surface area contributed by atoms with Gasteiger partial charge in [0.15, 0.2) is 0 Å². The number of nitrogens with zero attached hydrogens (tertiary/aromatic N) is 3. The second-order valence-electron chi connectivity index (χ2n) is 6.40. The summed E-state index contributed by atoms with van der Waals surface area (Å²) in [5, 5.41) is 1.37. The summed E-state index contributed by atoms with van der Waals surface area (Å²) in [7, 11) is 0. The van der Waals surface area contributed by atoms with Gasteiger partial charge in [-0.15, -0.1) is 11.3 Å². The summed E-state index contributed by atoms with van der Waals surface area (Å²) < 4.78 is 0. The molecule has 5 heteroatoms. The smallest absolute Gasteiger partial charge is 0.225 e. The highest BCUT2D eigenvalue weighted by Gasteiger charge is 2.23. The van der Waals surface area contributed by atoms with Crippen molar-refractivity contribution < 1.29 is 0 Å². The van der Waals surface area contributed by atoms with Crippen molar-refractivity contribution in [1.82, 2.24) is 9.97 Å². The predicted molar refractivity (Wildman–Crippen MR) is 110 cm³/mol. The fraction of sp³-hybridized carbons (Fsp3) is 0.143. The minimum atomic E-state index is 0.303. The molecule has 5 rings (SSSR count). The minimum Gasteiger partial charge on any atom is -0.325 e. The van der Waals surface area contributed by atoms with Crippen molar-refractivity contribution in [1.29, 1.82) is 0 Å². The first kappa shape index (κ1) is 15.8. The van der Waals surface area contributed by atoms with Gasteiger partial charge in [0.05, 0.1) is 5.39 Å². The van der Waals surface area contributed by atoms with Crippen LogP contribution in [0.4, 0.5) is 11.5 Å². The number of para-hydroxylation sites is 1. The van der Waals surface area contributed by atoms with E-state index in [1.165, 1.54) is 21.7 Å². The maximum Gasteiger partial charge on any atom is 0.225 e. The van der Waals surface area contributed by atoms with Crippen LogP contribution in [0.25, 0.3) is 20.7 Å². The maximum absolute atomic E-state index is 6.28. The Hall–Kier alpha value is -2.43. The molecule has 3 nitrogen and oxygen atoms in total. The summed E-state index contributed by atoms with van der Waals surface area (Å²) >= 11 is 7.94. The Kier molecular flexibility index (Phi) is 3.88. The molecule has 128 valence electrons. The summed E-state index contributed by atoms with van der Waals surface area (Å²) in [4.78, 5) is 13.5. The topological polar surface area (TPSA) is 29.0 Å². The number of thiophene rings is 1. The Morgan fingerprint density at radius 2 is 1.77 bits per heavy atom. The molecule has 26 heavy (non-hydrogen) atoms. The summed E-state index contributed by atoms with van der Waals surface area (Å²) in [5.41, 5.74) is 3.78. The number of anilines is 2. The van der Waals surface area contributed by atoms with Gasteiger partial charge < -0.3 is 4.90 Å². The molecule has 0 bridgehead atoms. The van der Waals surface area contributed by atoms with Crippen molar-refractivity contribution in [3.63, 3.8) is 0 Å². The van der Waals surface area contributed by atoms with Crippen molar-refractivity contribution in [2.45, 2.75) is 12.8 Å². The van der Waals surface area contributed by atoms with Crippen LogP contribution in [0.5, 0.6) is 0 Å². The van der Waals surface area contributed by atoms with Crippen LogP contribution < -0.4 is 4.90 Å². The van der Waals surface area contributed by atoms with E-state index in [-0.39, 0.29) is 0 Å². The first-order chi connectivity index (χ1) is 12.8. The van der Waals surface area contributed by atoms with Crippen molar-refractivity contribution in [2.24, 2.45) is 0 Å². The Balaban J connectivity index is 1.70. The molecule has 0 radical (unpaired) electrons. The van der Waals surface area contributed by atoms with Crippen LogP contribution in [0.2, 0.25) is 5.28 Å². The molecule has 1 aliphatic rings. The lowest BCUT2D eigenvalue weighted by Crippen LogP contribution is -2.25. The lowest BCUT2D eigenvalue weighted by molar-refractivity contribution is 0.761. The molecule has 0 atom stereocenters. The van der Waals surface area contributed by atoms with E-state index in [2.05, 4.69) is 69.5 Å². The lowest BCUT2D eigenvalue weighted by Gasteiger charge is -2.30. The van der Waals surface area contributed by atoms with Gasteiger partial charge in [-0.05, 0) is 47.7 Å². The van der Waals surface area contributed by atoms with E-state index in [1.54, 1.807) is 11.3 Å². The van der Waals surface area contributed by atoms with Gasteiger partial charge in [-0.25, -0.2) is 4.98 Å². The summed E-state index contributed by atoms with van der Waals surface area (Å²) in [6, 6.07) is 21.1. The van der Waals surface area contributed by atoms with E-state index < -0.39 is 0 Å². The monoisotopic (exact) mass is 377 g/mol. The fourth-order valence-electron chi connectivity index (χ4n) is 3.59. The largest absolute Gasteiger partial charge is 0.325 e. The van der Waals surface area contributed by atoms with Crippen LogP contribution in [0.3, 0.4) is 0 Å². The van der Waals surface area contributed by atoms with Gasteiger partial charge >= 0.3 is 0 Å². The van der Waals surface area contributed by atoms with Gasteiger partial charge in [-0.2, -0.15) is 4.98 Å².